The maximum atomic E-state index is 12.3. The van der Waals surface area contributed by atoms with Crippen molar-refractivity contribution in [2.75, 3.05) is 38.7 Å². The average Bonchev–Trinajstić information content (AvgIpc) is 2.48. The van der Waals surface area contributed by atoms with Crippen LogP contribution in [0, 0.1) is 0 Å². The van der Waals surface area contributed by atoms with Crippen LogP contribution in [0.2, 0.25) is 0 Å². The van der Waals surface area contributed by atoms with Gasteiger partial charge in [-0.3, -0.25) is 4.79 Å². The molecule has 1 atom stereocenters. The van der Waals surface area contributed by atoms with Crippen molar-refractivity contribution in [2.45, 2.75) is 13.0 Å². The molecule has 1 aliphatic heterocycles. The van der Waals surface area contributed by atoms with Crippen molar-refractivity contribution in [3.63, 3.8) is 0 Å². The molecular weight excluding hydrogens is 244 g/mol. The predicted molar refractivity (Wildman–Crippen MR) is 73.5 cm³/mol. The molecule has 0 aromatic heterocycles. The summed E-state index contributed by atoms with van der Waals surface area (Å²) in [5, 5.41) is 3.20. The fourth-order valence-corrected chi connectivity index (χ4v) is 2.12. The lowest BCUT2D eigenvalue weighted by atomic mass is 10.2. The number of para-hydroxylation sites is 2. The summed E-state index contributed by atoms with van der Waals surface area (Å²) in [5.74, 6) is 0.832. The second-order valence-electron chi connectivity index (χ2n) is 4.50. The monoisotopic (exact) mass is 264 g/mol. The van der Waals surface area contributed by atoms with E-state index in [4.69, 9.17) is 9.47 Å². The second-order valence-corrected chi connectivity index (χ2v) is 4.50. The molecule has 1 aromatic carbocycles. The quantitative estimate of drug-likeness (QED) is 0.892. The summed E-state index contributed by atoms with van der Waals surface area (Å²) in [5.41, 5.74) is 0.833. The van der Waals surface area contributed by atoms with E-state index in [0.717, 1.165) is 11.4 Å². The van der Waals surface area contributed by atoms with Gasteiger partial charge in [-0.15, -0.1) is 0 Å². The van der Waals surface area contributed by atoms with E-state index in [-0.39, 0.29) is 11.9 Å². The van der Waals surface area contributed by atoms with Gasteiger partial charge >= 0.3 is 0 Å². The lowest BCUT2D eigenvalue weighted by molar-refractivity contribution is -0.135. The number of carbonyl (C=O) groups excluding carboxylic acids is 1. The van der Waals surface area contributed by atoms with Gasteiger partial charge in [0, 0.05) is 13.1 Å². The molecule has 1 saturated heterocycles. The van der Waals surface area contributed by atoms with Crippen LogP contribution in [0.1, 0.15) is 6.92 Å². The number of hydrogen-bond donors (Lipinski definition) is 1. The van der Waals surface area contributed by atoms with E-state index in [0.29, 0.717) is 26.3 Å². The molecule has 5 heteroatoms. The van der Waals surface area contributed by atoms with Gasteiger partial charge in [0.05, 0.1) is 26.0 Å². The standard InChI is InChI=1S/C14H20N2O3/c1-11(14(17)16-7-9-19-10-8-16)15-12-5-3-4-6-13(12)18-2/h3-6,11,15H,7-10H2,1-2H3/t11-/m1/s1. The van der Waals surface area contributed by atoms with E-state index < -0.39 is 0 Å². The Hall–Kier alpha value is -1.75. The van der Waals surface area contributed by atoms with Gasteiger partial charge in [0.15, 0.2) is 0 Å². The molecule has 1 heterocycles. The highest BCUT2D eigenvalue weighted by Crippen LogP contribution is 2.24. The summed E-state index contributed by atoms with van der Waals surface area (Å²) < 4.78 is 10.5. The molecule has 5 nitrogen and oxygen atoms in total. The van der Waals surface area contributed by atoms with Gasteiger partial charge in [-0.1, -0.05) is 12.1 Å². The third-order valence-corrected chi connectivity index (χ3v) is 3.17. The zero-order valence-corrected chi connectivity index (χ0v) is 11.4. The van der Waals surface area contributed by atoms with Crippen molar-refractivity contribution in [1.29, 1.82) is 0 Å². The molecule has 1 fully saturated rings. The van der Waals surface area contributed by atoms with Gasteiger partial charge in [-0.05, 0) is 19.1 Å². The Morgan fingerprint density at radius 2 is 2.05 bits per heavy atom. The molecule has 1 N–H and O–H groups in total. The number of rotatable bonds is 4. The summed E-state index contributed by atoms with van der Waals surface area (Å²) in [7, 11) is 1.62. The zero-order valence-electron chi connectivity index (χ0n) is 11.4. The Balaban J connectivity index is 1.99. The normalized spacial score (nSPS) is 16.8. The van der Waals surface area contributed by atoms with Crippen molar-refractivity contribution < 1.29 is 14.3 Å². The SMILES string of the molecule is COc1ccccc1N[C@H](C)C(=O)N1CCOCC1. The van der Waals surface area contributed by atoms with Crippen molar-refractivity contribution in [3.8, 4) is 5.75 Å². The first-order chi connectivity index (χ1) is 9.22. The maximum Gasteiger partial charge on any atom is 0.244 e. The highest BCUT2D eigenvalue weighted by Gasteiger charge is 2.22. The fraction of sp³-hybridized carbons (Fsp3) is 0.500. The Morgan fingerprint density at radius 3 is 2.74 bits per heavy atom. The van der Waals surface area contributed by atoms with Crippen molar-refractivity contribution >= 4 is 11.6 Å². The Bertz CT molecular complexity index is 430. The van der Waals surface area contributed by atoms with Gasteiger partial charge in [-0.25, -0.2) is 0 Å². The summed E-state index contributed by atoms with van der Waals surface area (Å²) in [6.45, 7) is 4.43. The van der Waals surface area contributed by atoms with Crippen LogP contribution < -0.4 is 10.1 Å². The Labute approximate surface area is 113 Å². The number of nitrogens with one attached hydrogen (secondary N) is 1. The summed E-state index contributed by atoms with van der Waals surface area (Å²) >= 11 is 0. The maximum absolute atomic E-state index is 12.3. The zero-order chi connectivity index (χ0) is 13.7. The summed E-state index contributed by atoms with van der Waals surface area (Å²) in [6.07, 6.45) is 0. The van der Waals surface area contributed by atoms with Gasteiger partial charge in [0.1, 0.15) is 11.8 Å². The van der Waals surface area contributed by atoms with E-state index in [1.165, 1.54) is 0 Å². The number of carbonyl (C=O) groups is 1. The third kappa shape index (κ3) is 3.38. The first kappa shape index (κ1) is 13.7. The topological polar surface area (TPSA) is 50.8 Å². The fourth-order valence-electron chi connectivity index (χ4n) is 2.12. The molecule has 2 rings (SSSR count). The van der Waals surface area contributed by atoms with E-state index in [1.807, 2.05) is 36.1 Å². The number of benzene rings is 1. The lowest BCUT2D eigenvalue weighted by Crippen LogP contribution is -2.47. The van der Waals surface area contributed by atoms with Crippen molar-refractivity contribution in [2.24, 2.45) is 0 Å². The Morgan fingerprint density at radius 1 is 1.37 bits per heavy atom. The minimum atomic E-state index is -0.283. The van der Waals surface area contributed by atoms with Gasteiger partial charge < -0.3 is 19.7 Å². The highest BCUT2D eigenvalue weighted by molar-refractivity contribution is 5.84. The smallest absolute Gasteiger partial charge is 0.244 e. The number of ether oxygens (including phenoxy) is 2. The van der Waals surface area contributed by atoms with E-state index in [1.54, 1.807) is 7.11 Å². The number of nitrogens with zero attached hydrogens (tertiary/aromatic N) is 1. The van der Waals surface area contributed by atoms with Crippen LogP contribution in [-0.4, -0.2) is 50.3 Å². The number of methoxy groups -OCH3 is 1. The van der Waals surface area contributed by atoms with Crippen LogP contribution in [-0.2, 0) is 9.53 Å². The molecule has 1 aliphatic rings. The average molecular weight is 264 g/mol. The molecule has 19 heavy (non-hydrogen) atoms. The molecule has 104 valence electrons. The molecule has 0 saturated carbocycles. The van der Waals surface area contributed by atoms with Crippen LogP contribution >= 0.6 is 0 Å². The largest absolute Gasteiger partial charge is 0.495 e. The second kappa shape index (κ2) is 6.43. The molecule has 1 aromatic rings. The van der Waals surface area contributed by atoms with Crippen molar-refractivity contribution in [1.82, 2.24) is 4.90 Å². The predicted octanol–water partition coefficient (Wildman–Crippen LogP) is 1.35. The molecule has 0 spiro atoms. The van der Waals surface area contributed by atoms with Crippen LogP contribution in [0.15, 0.2) is 24.3 Å². The molecule has 0 unspecified atom stereocenters. The number of anilines is 1. The Kier molecular flexibility index (Phi) is 4.63. The van der Waals surface area contributed by atoms with Gasteiger partial charge in [0.2, 0.25) is 5.91 Å². The van der Waals surface area contributed by atoms with Gasteiger partial charge in [0.25, 0.3) is 0 Å². The number of morpholine rings is 1. The van der Waals surface area contributed by atoms with Crippen LogP contribution in [0.5, 0.6) is 5.75 Å². The molecule has 0 radical (unpaired) electrons. The first-order valence-corrected chi connectivity index (χ1v) is 6.48. The first-order valence-electron chi connectivity index (χ1n) is 6.48. The lowest BCUT2D eigenvalue weighted by Gasteiger charge is -2.30. The molecule has 1 amide bonds. The molecule has 0 aliphatic carbocycles. The molecular formula is C14H20N2O3. The van der Waals surface area contributed by atoms with E-state index in [2.05, 4.69) is 5.32 Å². The minimum absolute atomic E-state index is 0.0919. The van der Waals surface area contributed by atoms with E-state index >= 15 is 0 Å². The summed E-state index contributed by atoms with van der Waals surface area (Å²) in [6, 6.07) is 7.31. The molecule has 0 bridgehead atoms. The summed E-state index contributed by atoms with van der Waals surface area (Å²) in [4.78, 5) is 14.1. The van der Waals surface area contributed by atoms with Crippen LogP contribution in [0.25, 0.3) is 0 Å². The van der Waals surface area contributed by atoms with Crippen LogP contribution in [0.4, 0.5) is 5.69 Å². The van der Waals surface area contributed by atoms with Gasteiger partial charge in [-0.2, -0.15) is 0 Å². The third-order valence-electron chi connectivity index (χ3n) is 3.17. The number of amides is 1. The van der Waals surface area contributed by atoms with Crippen LogP contribution in [0.3, 0.4) is 0 Å². The minimum Gasteiger partial charge on any atom is -0.495 e. The highest BCUT2D eigenvalue weighted by atomic mass is 16.5. The van der Waals surface area contributed by atoms with E-state index in [9.17, 15) is 4.79 Å². The number of hydrogen-bond acceptors (Lipinski definition) is 4. The van der Waals surface area contributed by atoms with Crippen molar-refractivity contribution in [3.05, 3.63) is 24.3 Å².